The summed E-state index contributed by atoms with van der Waals surface area (Å²) in [6.45, 7) is 3.94. The Morgan fingerprint density at radius 3 is 2.00 bits per heavy atom. The first-order chi connectivity index (χ1) is 12.2. The fraction of sp³-hybridized carbons (Fsp3) is 0.350. The lowest BCUT2D eigenvalue weighted by atomic mass is 9.86. The summed E-state index contributed by atoms with van der Waals surface area (Å²) in [7, 11) is 0. The van der Waals surface area contributed by atoms with Gasteiger partial charge in [-0.05, 0) is 24.3 Å². The summed E-state index contributed by atoms with van der Waals surface area (Å²) < 4.78 is 59.7. The SMILES string of the molecule is Cc1c(F)c(F)c(COC(=O)C[C@H](c2ccccc2)C(C)C)c(F)c1F. The van der Waals surface area contributed by atoms with Crippen LogP contribution in [0.5, 0.6) is 0 Å². The minimum Gasteiger partial charge on any atom is -0.461 e. The maximum Gasteiger partial charge on any atom is 0.306 e. The Labute approximate surface area is 149 Å². The van der Waals surface area contributed by atoms with Crippen LogP contribution in [0.3, 0.4) is 0 Å². The van der Waals surface area contributed by atoms with Crippen LogP contribution in [0.2, 0.25) is 0 Å². The Morgan fingerprint density at radius 2 is 1.50 bits per heavy atom. The molecule has 1 atom stereocenters. The first-order valence-electron chi connectivity index (χ1n) is 8.26. The van der Waals surface area contributed by atoms with Gasteiger partial charge in [-0.25, -0.2) is 17.6 Å². The van der Waals surface area contributed by atoms with E-state index in [2.05, 4.69) is 0 Å². The van der Waals surface area contributed by atoms with E-state index in [-0.39, 0.29) is 18.3 Å². The highest BCUT2D eigenvalue weighted by molar-refractivity contribution is 5.70. The van der Waals surface area contributed by atoms with Crippen molar-refractivity contribution in [2.45, 2.75) is 39.7 Å². The smallest absolute Gasteiger partial charge is 0.306 e. The first kappa shape index (κ1) is 19.9. The van der Waals surface area contributed by atoms with Crippen LogP contribution in [0.4, 0.5) is 17.6 Å². The Balaban J connectivity index is 2.12. The molecular formula is C20H20F4O2. The molecule has 0 saturated heterocycles. The van der Waals surface area contributed by atoms with Gasteiger partial charge in [-0.1, -0.05) is 44.2 Å². The molecule has 0 fully saturated rings. The van der Waals surface area contributed by atoms with E-state index in [1.807, 2.05) is 44.2 Å². The molecule has 0 bridgehead atoms. The number of hydrogen-bond acceptors (Lipinski definition) is 2. The van der Waals surface area contributed by atoms with Crippen molar-refractivity contribution >= 4 is 5.97 Å². The molecule has 2 nitrogen and oxygen atoms in total. The summed E-state index contributed by atoms with van der Waals surface area (Å²) in [6, 6.07) is 9.30. The second-order valence-electron chi connectivity index (χ2n) is 6.49. The van der Waals surface area contributed by atoms with Crippen molar-refractivity contribution in [1.29, 1.82) is 0 Å². The molecule has 0 spiro atoms. The van der Waals surface area contributed by atoms with Crippen molar-refractivity contribution in [3.05, 3.63) is 70.3 Å². The topological polar surface area (TPSA) is 26.3 Å². The molecule has 0 heterocycles. The van der Waals surface area contributed by atoms with Gasteiger partial charge in [-0.3, -0.25) is 4.79 Å². The Hall–Kier alpha value is -2.37. The second kappa shape index (κ2) is 8.34. The van der Waals surface area contributed by atoms with Gasteiger partial charge >= 0.3 is 5.97 Å². The number of ether oxygens (including phenoxy) is 1. The third kappa shape index (κ3) is 4.23. The average molecular weight is 368 g/mol. The summed E-state index contributed by atoms with van der Waals surface area (Å²) in [5, 5.41) is 0. The van der Waals surface area contributed by atoms with E-state index < -0.39 is 47.0 Å². The van der Waals surface area contributed by atoms with Crippen molar-refractivity contribution in [3.8, 4) is 0 Å². The quantitative estimate of drug-likeness (QED) is 0.386. The van der Waals surface area contributed by atoms with Crippen LogP contribution in [0, 0.1) is 36.1 Å². The molecule has 0 radical (unpaired) electrons. The molecule has 0 saturated carbocycles. The van der Waals surface area contributed by atoms with Crippen LogP contribution in [-0.2, 0) is 16.1 Å². The highest BCUT2D eigenvalue weighted by Crippen LogP contribution is 2.29. The van der Waals surface area contributed by atoms with Gasteiger partial charge in [0.2, 0.25) is 0 Å². The molecular weight excluding hydrogens is 348 g/mol. The van der Waals surface area contributed by atoms with Gasteiger partial charge in [0, 0.05) is 5.56 Å². The molecule has 0 unspecified atom stereocenters. The van der Waals surface area contributed by atoms with Crippen LogP contribution >= 0.6 is 0 Å². The Morgan fingerprint density at radius 1 is 0.962 bits per heavy atom. The second-order valence-corrected chi connectivity index (χ2v) is 6.49. The number of halogens is 4. The van der Waals surface area contributed by atoms with Gasteiger partial charge in [0.25, 0.3) is 0 Å². The lowest BCUT2D eigenvalue weighted by molar-refractivity contribution is -0.145. The van der Waals surface area contributed by atoms with Crippen molar-refractivity contribution in [3.63, 3.8) is 0 Å². The molecule has 0 aromatic heterocycles. The van der Waals surface area contributed by atoms with E-state index in [0.717, 1.165) is 12.5 Å². The summed E-state index contributed by atoms with van der Waals surface area (Å²) >= 11 is 0. The standard InChI is InChI=1S/C20H20F4O2/c1-11(2)14(13-7-5-4-6-8-13)9-16(25)26-10-15-19(23)17(21)12(3)18(22)20(15)24/h4-8,11,14H,9-10H2,1-3H3/t14-/m0/s1. The van der Waals surface area contributed by atoms with Crippen LogP contribution < -0.4 is 0 Å². The fourth-order valence-electron chi connectivity index (χ4n) is 2.74. The van der Waals surface area contributed by atoms with Crippen molar-refractivity contribution in [2.24, 2.45) is 5.92 Å². The molecule has 6 heteroatoms. The zero-order valence-corrected chi connectivity index (χ0v) is 14.8. The largest absolute Gasteiger partial charge is 0.461 e. The summed E-state index contributed by atoms with van der Waals surface area (Å²) in [5.41, 5.74) is -0.747. The van der Waals surface area contributed by atoms with E-state index >= 15 is 0 Å². The van der Waals surface area contributed by atoms with Gasteiger partial charge in [0.1, 0.15) is 6.61 Å². The number of rotatable bonds is 6. The van der Waals surface area contributed by atoms with Crippen molar-refractivity contribution < 1.29 is 27.1 Å². The minimum absolute atomic E-state index is 0.0122. The Bertz CT molecular complexity index is 759. The van der Waals surface area contributed by atoms with Gasteiger partial charge in [-0.15, -0.1) is 0 Å². The zero-order valence-electron chi connectivity index (χ0n) is 14.8. The molecule has 2 rings (SSSR count). The van der Waals surface area contributed by atoms with Gasteiger partial charge in [0.05, 0.1) is 12.0 Å². The average Bonchev–Trinajstić information content (AvgIpc) is 2.63. The predicted molar refractivity (Wildman–Crippen MR) is 89.4 cm³/mol. The van der Waals surface area contributed by atoms with E-state index in [1.165, 1.54) is 0 Å². The van der Waals surface area contributed by atoms with E-state index in [4.69, 9.17) is 4.74 Å². The molecule has 0 amide bonds. The fourth-order valence-corrected chi connectivity index (χ4v) is 2.74. The highest BCUT2D eigenvalue weighted by Gasteiger charge is 2.25. The normalized spacial score (nSPS) is 12.3. The summed E-state index contributed by atoms with van der Waals surface area (Å²) in [6.07, 6.45) is -0.0122. The van der Waals surface area contributed by atoms with Crippen molar-refractivity contribution in [2.75, 3.05) is 0 Å². The van der Waals surface area contributed by atoms with E-state index in [1.54, 1.807) is 0 Å². The Kier molecular flexibility index (Phi) is 6.40. The highest BCUT2D eigenvalue weighted by atomic mass is 19.2. The predicted octanol–water partition coefficient (Wildman–Crippen LogP) is 5.42. The van der Waals surface area contributed by atoms with Gasteiger partial charge in [0.15, 0.2) is 23.3 Å². The molecule has 0 N–H and O–H groups in total. The summed E-state index contributed by atoms with van der Waals surface area (Å²) in [4.78, 5) is 12.1. The molecule has 0 aliphatic heterocycles. The number of hydrogen-bond donors (Lipinski definition) is 0. The van der Waals surface area contributed by atoms with Crippen LogP contribution in [0.25, 0.3) is 0 Å². The lowest BCUT2D eigenvalue weighted by Gasteiger charge is -2.20. The molecule has 0 aliphatic carbocycles. The third-order valence-corrected chi connectivity index (χ3v) is 4.37. The zero-order chi connectivity index (χ0) is 19.4. The lowest BCUT2D eigenvalue weighted by Crippen LogP contribution is -2.16. The number of carbonyl (C=O) groups excluding carboxylic acids is 1. The van der Waals surface area contributed by atoms with Crippen LogP contribution in [-0.4, -0.2) is 5.97 Å². The van der Waals surface area contributed by atoms with Gasteiger partial charge in [-0.2, -0.15) is 0 Å². The monoisotopic (exact) mass is 368 g/mol. The van der Waals surface area contributed by atoms with Crippen LogP contribution in [0.15, 0.2) is 30.3 Å². The summed E-state index contributed by atoms with van der Waals surface area (Å²) in [5.74, 6) is -6.79. The number of carbonyl (C=O) groups is 1. The molecule has 140 valence electrons. The first-order valence-corrected chi connectivity index (χ1v) is 8.26. The van der Waals surface area contributed by atoms with Gasteiger partial charge < -0.3 is 4.74 Å². The van der Waals surface area contributed by atoms with E-state index in [9.17, 15) is 22.4 Å². The number of benzene rings is 2. The minimum atomic E-state index is -1.54. The maximum atomic E-state index is 13.8. The van der Waals surface area contributed by atoms with Crippen molar-refractivity contribution in [1.82, 2.24) is 0 Å². The number of esters is 1. The van der Waals surface area contributed by atoms with Crippen LogP contribution in [0.1, 0.15) is 42.9 Å². The van der Waals surface area contributed by atoms with E-state index in [0.29, 0.717) is 0 Å². The maximum absolute atomic E-state index is 13.8. The third-order valence-electron chi connectivity index (χ3n) is 4.37. The molecule has 2 aromatic carbocycles. The molecule has 26 heavy (non-hydrogen) atoms. The molecule has 2 aromatic rings. The molecule has 0 aliphatic rings.